The van der Waals surface area contributed by atoms with Crippen LogP contribution in [-0.2, 0) is 0 Å². The van der Waals surface area contributed by atoms with Crippen LogP contribution in [0, 0.1) is 5.92 Å². The van der Waals surface area contributed by atoms with Gasteiger partial charge in [0.2, 0.25) is 6.43 Å². The van der Waals surface area contributed by atoms with Crippen LogP contribution in [0.25, 0.3) is 0 Å². The predicted molar refractivity (Wildman–Crippen MR) is 53.4 cm³/mol. The molecule has 0 spiro atoms. The van der Waals surface area contributed by atoms with Crippen molar-refractivity contribution in [1.29, 1.82) is 0 Å². The molecule has 1 aliphatic heterocycles. The Morgan fingerprint density at radius 2 is 2.13 bits per heavy atom. The maximum absolute atomic E-state index is 12.4. The molecule has 1 aromatic heterocycles. The number of hydrogen-bond acceptors (Lipinski definition) is 3. The quantitative estimate of drug-likeness (QED) is 0.784. The number of rotatable bonds is 2. The Morgan fingerprint density at radius 1 is 1.40 bits per heavy atom. The number of hydrogen-bond donors (Lipinski definition) is 0. The molecule has 1 fully saturated rings. The summed E-state index contributed by atoms with van der Waals surface area (Å²) in [7, 11) is 0. The van der Waals surface area contributed by atoms with Crippen molar-refractivity contribution in [3.63, 3.8) is 0 Å². The van der Waals surface area contributed by atoms with Gasteiger partial charge in [-0.25, -0.2) is 18.7 Å². The summed E-state index contributed by atoms with van der Waals surface area (Å²) >= 11 is 5.83. The smallest absolute Gasteiger partial charge is 0.243 e. The van der Waals surface area contributed by atoms with Gasteiger partial charge in [-0.3, -0.25) is 0 Å². The van der Waals surface area contributed by atoms with Crippen molar-refractivity contribution in [3.05, 3.63) is 17.5 Å². The van der Waals surface area contributed by atoms with E-state index in [0.717, 1.165) is 0 Å². The molecular weight excluding hydrogens is 224 g/mol. The molecule has 0 radical (unpaired) electrons. The highest BCUT2D eigenvalue weighted by molar-refractivity contribution is 6.31. The molecule has 0 saturated carbocycles. The van der Waals surface area contributed by atoms with E-state index >= 15 is 0 Å². The highest BCUT2D eigenvalue weighted by Crippen LogP contribution is 2.29. The van der Waals surface area contributed by atoms with Crippen molar-refractivity contribution in [1.82, 2.24) is 9.97 Å². The fourth-order valence-corrected chi connectivity index (χ4v) is 1.94. The average molecular weight is 234 g/mol. The van der Waals surface area contributed by atoms with Crippen molar-refractivity contribution in [2.75, 3.05) is 18.0 Å². The standard InChI is InChI=1S/C9H10ClF2N3/c10-7-9(14-3-2-13-7)15-4-1-6(5-15)8(11)12/h2-3,6,8H,1,4-5H2. The summed E-state index contributed by atoms with van der Waals surface area (Å²) in [6.45, 7) is 0.865. The largest absolute Gasteiger partial charge is 0.354 e. The van der Waals surface area contributed by atoms with E-state index in [4.69, 9.17) is 11.6 Å². The highest BCUT2D eigenvalue weighted by Gasteiger charge is 2.31. The highest BCUT2D eigenvalue weighted by atomic mass is 35.5. The molecular formula is C9H10ClF2N3. The molecule has 2 rings (SSSR count). The van der Waals surface area contributed by atoms with Crippen LogP contribution in [0.4, 0.5) is 14.6 Å². The van der Waals surface area contributed by atoms with Gasteiger partial charge < -0.3 is 4.90 Å². The van der Waals surface area contributed by atoms with Gasteiger partial charge in [-0.15, -0.1) is 0 Å². The molecule has 82 valence electrons. The van der Waals surface area contributed by atoms with Gasteiger partial charge in [0.15, 0.2) is 11.0 Å². The average Bonchev–Trinajstić information content (AvgIpc) is 2.67. The monoisotopic (exact) mass is 233 g/mol. The lowest BCUT2D eigenvalue weighted by Crippen LogP contribution is -2.23. The summed E-state index contributed by atoms with van der Waals surface area (Å²) < 4.78 is 24.9. The van der Waals surface area contributed by atoms with Crippen LogP contribution in [0.3, 0.4) is 0 Å². The Balaban J connectivity index is 2.11. The van der Waals surface area contributed by atoms with E-state index < -0.39 is 12.3 Å². The molecule has 0 bridgehead atoms. The van der Waals surface area contributed by atoms with Gasteiger partial charge in [-0.05, 0) is 6.42 Å². The van der Waals surface area contributed by atoms with Crippen molar-refractivity contribution in [2.24, 2.45) is 5.92 Å². The van der Waals surface area contributed by atoms with Crippen LogP contribution < -0.4 is 4.90 Å². The fourth-order valence-electron chi connectivity index (χ4n) is 1.71. The first-order valence-corrected chi connectivity index (χ1v) is 5.06. The summed E-state index contributed by atoms with van der Waals surface area (Å²) in [5.41, 5.74) is 0. The molecule has 3 nitrogen and oxygen atoms in total. The van der Waals surface area contributed by atoms with Crippen molar-refractivity contribution in [2.45, 2.75) is 12.8 Å². The van der Waals surface area contributed by atoms with Crippen LogP contribution in [0.15, 0.2) is 12.4 Å². The lowest BCUT2D eigenvalue weighted by molar-refractivity contribution is 0.0880. The van der Waals surface area contributed by atoms with Crippen molar-refractivity contribution >= 4 is 17.4 Å². The van der Waals surface area contributed by atoms with E-state index in [2.05, 4.69) is 9.97 Å². The second-order valence-corrected chi connectivity index (χ2v) is 3.86. The van der Waals surface area contributed by atoms with Crippen molar-refractivity contribution in [3.8, 4) is 0 Å². The second kappa shape index (κ2) is 4.26. The van der Waals surface area contributed by atoms with E-state index in [0.29, 0.717) is 25.3 Å². The Bertz CT molecular complexity index is 348. The van der Waals surface area contributed by atoms with Gasteiger partial charge in [-0.2, -0.15) is 0 Å². The third-order valence-corrected chi connectivity index (χ3v) is 2.78. The Hall–Kier alpha value is -0.970. The number of halogens is 3. The Labute approximate surface area is 91.1 Å². The summed E-state index contributed by atoms with van der Waals surface area (Å²) in [6, 6.07) is 0. The minimum absolute atomic E-state index is 0.271. The van der Waals surface area contributed by atoms with Gasteiger partial charge in [0.05, 0.1) is 0 Å². The molecule has 0 aromatic carbocycles. The number of alkyl halides is 2. The zero-order chi connectivity index (χ0) is 10.8. The number of aromatic nitrogens is 2. The first-order valence-electron chi connectivity index (χ1n) is 4.68. The molecule has 1 saturated heterocycles. The normalized spacial score (nSPS) is 21.3. The zero-order valence-corrected chi connectivity index (χ0v) is 8.66. The van der Waals surface area contributed by atoms with Gasteiger partial charge >= 0.3 is 0 Å². The van der Waals surface area contributed by atoms with E-state index in [1.54, 1.807) is 4.90 Å². The molecule has 0 aliphatic carbocycles. The molecule has 2 heterocycles. The van der Waals surface area contributed by atoms with Gasteiger partial charge in [0.25, 0.3) is 0 Å². The van der Waals surface area contributed by atoms with Crippen LogP contribution in [0.2, 0.25) is 5.15 Å². The molecule has 1 atom stereocenters. The maximum Gasteiger partial charge on any atom is 0.243 e. The molecule has 6 heteroatoms. The lowest BCUT2D eigenvalue weighted by atomic mass is 10.1. The third kappa shape index (κ3) is 2.17. The number of nitrogens with zero attached hydrogens (tertiary/aromatic N) is 3. The first kappa shape index (κ1) is 10.5. The predicted octanol–water partition coefficient (Wildman–Crippen LogP) is 2.22. The lowest BCUT2D eigenvalue weighted by Gasteiger charge is -2.17. The molecule has 1 aliphatic rings. The van der Waals surface area contributed by atoms with Gasteiger partial charge in [0.1, 0.15) is 0 Å². The Morgan fingerprint density at radius 3 is 2.73 bits per heavy atom. The van der Waals surface area contributed by atoms with E-state index in [1.807, 2.05) is 0 Å². The molecule has 0 N–H and O–H groups in total. The molecule has 15 heavy (non-hydrogen) atoms. The summed E-state index contributed by atoms with van der Waals surface area (Å²) in [4.78, 5) is 9.66. The second-order valence-electron chi connectivity index (χ2n) is 3.50. The minimum atomic E-state index is -2.27. The van der Waals surface area contributed by atoms with Crippen LogP contribution >= 0.6 is 11.6 Å². The van der Waals surface area contributed by atoms with Crippen molar-refractivity contribution < 1.29 is 8.78 Å². The summed E-state index contributed by atoms with van der Waals surface area (Å²) in [6.07, 6.45) is 1.19. The molecule has 0 amide bonds. The van der Waals surface area contributed by atoms with E-state index in [1.165, 1.54) is 12.4 Å². The zero-order valence-electron chi connectivity index (χ0n) is 7.91. The maximum atomic E-state index is 12.4. The third-order valence-electron chi connectivity index (χ3n) is 2.52. The SMILES string of the molecule is FC(F)C1CCN(c2nccnc2Cl)C1. The summed E-state index contributed by atoms with van der Waals surface area (Å²) in [5.74, 6) is -0.0783. The van der Waals surface area contributed by atoms with Crippen LogP contribution in [0.5, 0.6) is 0 Å². The molecule has 1 aromatic rings. The topological polar surface area (TPSA) is 29.0 Å². The van der Waals surface area contributed by atoms with Crippen LogP contribution in [-0.4, -0.2) is 29.5 Å². The van der Waals surface area contributed by atoms with E-state index in [-0.39, 0.29) is 5.15 Å². The number of anilines is 1. The molecule has 1 unspecified atom stereocenters. The van der Waals surface area contributed by atoms with Crippen LogP contribution in [0.1, 0.15) is 6.42 Å². The fraction of sp³-hybridized carbons (Fsp3) is 0.556. The minimum Gasteiger partial charge on any atom is -0.354 e. The first-order chi connectivity index (χ1) is 7.18. The van der Waals surface area contributed by atoms with Gasteiger partial charge in [0, 0.05) is 31.4 Å². The van der Waals surface area contributed by atoms with Gasteiger partial charge in [-0.1, -0.05) is 11.6 Å². The Kier molecular flexibility index (Phi) is 3.00. The van der Waals surface area contributed by atoms with E-state index in [9.17, 15) is 8.78 Å². The summed E-state index contributed by atoms with van der Waals surface area (Å²) in [5, 5.41) is 0.271.